The third-order valence-corrected chi connectivity index (χ3v) is 4.08. The lowest BCUT2D eigenvalue weighted by molar-refractivity contribution is -0.135. The van der Waals surface area contributed by atoms with E-state index >= 15 is 0 Å². The molecule has 1 aromatic carbocycles. The number of hydrogen-bond acceptors (Lipinski definition) is 3. The van der Waals surface area contributed by atoms with Crippen LogP contribution in [0.1, 0.15) is 26.7 Å². The highest BCUT2D eigenvalue weighted by molar-refractivity contribution is 5.85. The SMILES string of the molecule is CC1(C)CN(C(=O)CCOc2ccccc2F)CCC1N.Cl. The van der Waals surface area contributed by atoms with E-state index in [9.17, 15) is 9.18 Å². The third-order valence-electron chi connectivity index (χ3n) is 4.08. The molecule has 4 nitrogen and oxygen atoms in total. The van der Waals surface area contributed by atoms with E-state index in [0.29, 0.717) is 13.1 Å². The van der Waals surface area contributed by atoms with Crippen LogP contribution in [0.5, 0.6) is 5.75 Å². The summed E-state index contributed by atoms with van der Waals surface area (Å²) >= 11 is 0. The number of nitrogens with zero attached hydrogens (tertiary/aromatic N) is 1. The van der Waals surface area contributed by atoms with Crippen molar-refractivity contribution in [1.82, 2.24) is 4.90 Å². The molecule has 2 N–H and O–H groups in total. The highest BCUT2D eigenvalue weighted by Gasteiger charge is 2.35. The van der Waals surface area contributed by atoms with Crippen LogP contribution >= 0.6 is 12.4 Å². The molecule has 1 aliphatic heterocycles. The molecule has 0 radical (unpaired) electrons. The van der Waals surface area contributed by atoms with Crippen LogP contribution in [0.4, 0.5) is 4.39 Å². The van der Waals surface area contributed by atoms with Gasteiger partial charge in [-0.25, -0.2) is 4.39 Å². The van der Waals surface area contributed by atoms with Gasteiger partial charge in [0.05, 0.1) is 13.0 Å². The van der Waals surface area contributed by atoms with Gasteiger partial charge in [-0.2, -0.15) is 0 Å². The number of nitrogens with two attached hydrogens (primary N) is 1. The number of ether oxygens (including phenoxy) is 1. The number of benzene rings is 1. The highest BCUT2D eigenvalue weighted by Crippen LogP contribution is 2.28. The third kappa shape index (κ3) is 4.58. The van der Waals surface area contributed by atoms with E-state index in [-0.39, 0.29) is 48.5 Å². The van der Waals surface area contributed by atoms with Crippen molar-refractivity contribution < 1.29 is 13.9 Å². The fourth-order valence-electron chi connectivity index (χ4n) is 2.55. The normalized spacial score (nSPS) is 20.2. The average Bonchev–Trinajstić information content (AvgIpc) is 2.43. The number of carbonyl (C=O) groups is 1. The number of carbonyl (C=O) groups excluding carboxylic acids is 1. The van der Waals surface area contributed by atoms with Crippen molar-refractivity contribution in [2.45, 2.75) is 32.7 Å². The molecule has 1 amide bonds. The van der Waals surface area contributed by atoms with Crippen LogP contribution in [0.25, 0.3) is 0 Å². The molecule has 1 heterocycles. The number of para-hydroxylation sites is 1. The molecule has 124 valence electrons. The molecule has 0 spiro atoms. The Morgan fingerprint density at radius 2 is 2.14 bits per heavy atom. The summed E-state index contributed by atoms with van der Waals surface area (Å²) in [5, 5.41) is 0. The van der Waals surface area contributed by atoms with Gasteiger partial charge in [0.15, 0.2) is 11.6 Å². The van der Waals surface area contributed by atoms with Crippen LogP contribution in [0.3, 0.4) is 0 Å². The molecular weight excluding hydrogens is 307 g/mol. The fraction of sp³-hybridized carbons (Fsp3) is 0.562. The molecule has 1 atom stereocenters. The summed E-state index contributed by atoms with van der Waals surface area (Å²) in [5.41, 5.74) is 5.99. The molecule has 2 rings (SSSR count). The van der Waals surface area contributed by atoms with Gasteiger partial charge in [-0.1, -0.05) is 26.0 Å². The molecule has 1 saturated heterocycles. The molecule has 1 unspecified atom stereocenters. The minimum atomic E-state index is -0.407. The van der Waals surface area contributed by atoms with E-state index < -0.39 is 5.82 Å². The Morgan fingerprint density at radius 3 is 2.77 bits per heavy atom. The van der Waals surface area contributed by atoms with Gasteiger partial charge >= 0.3 is 0 Å². The van der Waals surface area contributed by atoms with Crippen molar-refractivity contribution >= 4 is 18.3 Å². The standard InChI is InChI=1S/C16H23FN2O2.ClH/c1-16(2)11-19(9-7-14(16)18)15(20)8-10-21-13-6-4-3-5-12(13)17;/h3-6,14H,7-11,18H2,1-2H3;1H. The van der Waals surface area contributed by atoms with Gasteiger partial charge in [0, 0.05) is 19.1 Å². The lowest BCUT2D eigenvalue weighted by Crippen LogP contribution is -2.54. The van der Waals surface area contributed by atoms with Crippen LogP contribution in [0.2, 0.25) is 0 Å². The topological polar surface area (TPSA) is 55.6 Å². The van der Waals surface area contributed by atoms with Crippen LogP contribution in [-0.4, -0.2) is 36.5 Å². The van der Waals surface area contributed by atoms with Gasteiger partial charge < -0.3 is 15.4 Å². The molecule has 6 heteroatoms. The average molecular weight is 331 g/mol. The van der Waals surface area contributed by atoms with Gasteiger partial charge in [0.1, 0.15) is 0 Å². The van der Waals surface area contributed by atoms with E-state index in [0.717, 1.165) is 6.42 Å². The Labute approximate surface area is 137 Å². The smallest absolute Gasteiger partial charge is 0.226 e. The van der Waals surface area contributed by atoms with E-state index in [1.54, 1.807) is 18.2 Å². The molecule has 0 saturated carbocycles. The summed E-state index contributed by atoms with van der Waals surface area (Å²) in [6, 6.07) is 6.33. The minimum Gasteiger partial charge on any atom is -0.490 e. The molecule has 1 fully saturated rings. The fourth-order valence-corrected chi connectivity index (χ4v) is 2.55. The summed E-state index contributed by atoms with van der Waals surface area (Å²) < 4.78 is 18.7. The van der Waals surface area contributed by atoms with Crippen molar-refractivity contribution in [3.8, 4) is 5.75 Å². The zero-order chi connectivity index (χ0) is 15.5. The maximum absolute atomic E-state index is 13.4. The Bertz CT molecular complexity index is 511. The van der Waals surface area contributed by atoms with Crippen LogP contribution in [0.15, 0.2) is 24.3 Å². The number of hydrogen-bond donors (Lipinski definition) is 1. The van der Waals surface area contributed by atoms with Crippen molar-refractivity contribution in [2.24, 2.45) is 11.1 Å². The molecule has 1 aromatic rings. The largest absolute Gasteiger partial charge is 0.490 e. The predicted octanol–water partition coefficient (Wildman–Crippen LogP) is 2.60. The molecule has 0 aromatic heterocycles. The number of halogens is 2. The molecule has 0 bridgehead atoms. The second kappa shape index (κ2) is 7.79. The molecule has 0 aliphatic carbocycles. The van der Waals surface area contributed by atoms with E-state index in [4.69, 9.17) is 10.5 Å². The van der Waals surface area contributed by atoms with Crippen molar-refractivity contribution in [3.63, 3.8) is 0 Å². The summed E-state index contributed by atoms with van der Waals surface area (Å²) in [6.07, 6.45) is 1.06. The first-order valence-electron chi connectivity index (χ1n) is 7.31. The maximum Gasteiger partial charge on any atom is 0.226 e. The summed E-state index contributed by atoms with van der Waals surface area (Å²) in [7, 11) is 0. The maximum atomic E-state index is 13.4. The first-order chi connectivity index (χ1) is 9.90. The Morgan fingerprint density at radius 1 is 1.45 bits per heavy atom. The quantitative estimate of drug-likeness (QED) is 0.923. The van der Waals surface area contributed by atoms with Crippen molar-refractivity contribution in [3.05, 3.63) is 30.1 Å². The first kappa shape index (κ1) is 18.7. The molecule has 22 heavy (non-hydrogen) atoms. The van der Waals surface area contributed by atoms with Crippen LogP contribution in [-0.2, 0) is 4.79 Å². The highest BCUT2D eigenvalue weighted by atomic mass is 35.5. The zero-order valence-corrected chi connectivity index (χ0v) is 13.9. The Hall–Kier alpha value is -1.33. The summed E-state index contributed by atoms with van der Waals surface area (Å²) in [6.45, 7) is 5.68. The van der Waals surface area contributed by atoms with E-state index in [2.05, 4.69) is 13.8 Å². The Balaban J connectivity index is 0.00000242. The van der Waals surface area contributed by atoms with Crippen molar-refractivity contribution in [1.29, 1.82) is 0 Å². The van der Waals surface area contributed by atoms with Crippen LogP contribution < -0.4 is 10.5 Å². The minimum absolute atomic E-state index is 0. The number of rotatable bonds is 4. The van der Waals surface area contributed by atoms with E-state index in [1.165, 1.54) is 6.07 Å². The van der Waals surface area contributed by atoms with Gasteiger partial charge in [-0.05, 0) is 24.0 Å². The lowest BCUT2D eigenvalue weighted by atomic mass is 9.79. The van der Waals surface area contributed by atoms with Crippen molar-refractivity contribution in [2.75, 3.05) is 19.7 Å². The van der Waals surface area contributed by atoms with Gasteiger partial charge in [-0.15, -0.1) is 12.4 Å². The zero-order valence-electron chi connectivity index (χ0n) is 13.0. The van der Waals surface area contributed by atoms with Gasteiger partial charge in [-0.3, -0.25) is 4.79 Å². The number of likely N-dealkylation sites (tertiary alicyclic amines) is 1. The second-order valence-electron chi connectivity index (χ2n) is 6.23. The van der Waals surface area contributed by atoms with E-state index in [1.807, 2.05) is 4.90 Å². The summed E-state index contributed by atoms with van der Waals surface area (Å²) in [4.78, 5) is 14.0. The van der Waals surface area contributed by atoms with Gasteiger partial charge in [0.25, 0.3) is 0 Å². The Kier molecular flexibility index (Phi) is 6.63. The summed E-state index contributed by atoms with van der Waals surface area (Å²) in [5.74, 6) is -0.187. The number of piperidine rings is 1. The lowest BCUT2D eigenvalue weighted by Gasteiger charge is -2.42. The monoisotopic (exact) mass is 330 g/mol. The predicted molar refractivity (Wildman–Crippen MR) is 86.7 cm³/mol. The first-order valence-corrected chi connectivity index (χ1v) is 7.31. The second-order valence-corrected chi connectivity index (χ2v) is 6.23. The van der Waals surface area contributed by atoms with Crippen LogP contribution in [0, 0.1) is 11.2 Å². The molecule has 1 aliphatic rings. The number of amides is 1. The van der Waals surface area contributed by atoms with Gasteiger partial charge in [0.2, 0.25) is 5.91 Å². The molecular formula is C16H24ClFN2O2.